The molecule has 2 fully saturated rings. The largest absolute Gasteiger partial charge is 0.383 e. The molecule has 0 bridgehead atoms. The maximum Gasteiger partial charge on any atom is 0.244 e. The van der Waals surface area contributed by atoms with E-state index in [-0.39, 0.29) is 17.6 Å². The Labute approximate surface area is 123 Å². The number of thioether (sulfide) groups is 1. The van der Waals surface area contributed by atoms with Crippen molar-refractivity contribution in [2.75, 3.05) is 26.5 Å². The van der Waals surface area contributed by atoms with Crippen LogP contribution >= 0.6 is 11.8 Å². The van der Waals surface area contributed by atoms with Crippen LogP contribution in [0.15, 0.2) is 29.2 Å². The Morgan fingerprint density at radius 1 is 1.40 bits per heavy atom. The molecule has 1 spiro atoms. The highest BCUT2D eigenvalue weighted by Gasteiger charge is 2.59. The molecule has 1 aromatic rings. The zero-order chi connectivity index (χ0) is 14.2. The molecule has 20 heavy (non-hydrogen) atoms. The topological polar surface area (TPSA) is 41.6 Å². The molecule has 1 aliphatic heterocycles. The van der Waals surface area contributed by atoms with Gasteiger partial charge in [0.25, 0.3) is 0 Å². The zero-order valence-corrected chi connectivity index (χ0v) is 12.7. The van der Waals surface area contributed by atoms with E-state index in [1.165, 1.54) is 4.90 Å². The van der Waals surface area contributed by atoms with E-state index in [0.29, 0.717) is 13.2 Å². The van der Waals surface area contributed by atoms with E-state index < -0.39 is 0 Å². The average Bonchev–Trinajstić information content (AvgIpc) is 3.21. The van der Waals surface area contributed by atoms with Crippen molar-refractivity contribution in [1.82, 2.24) is 10.2 Å². The lowest BCUT2D eigenvalue weighted by molar-refractivity contribution is -0.131. The lowest BCUT2D eigenvalue weighted by Gasteiger charge is -2.24. The maximum atomic E-state index is 12.5. The first kappa shape index (κ1) is 13.9. The number of amides is 1. The fourth-order valence-electron chi connectivity index (χ4n) is 2.75. The molecular weight excluding hydrogens is 272 g/mol. The number of nitrogens with zero attached hydrogens (tertiary/aromatic N) is 1. The van der Waals surface area contributed by atoms with Gasteiger partial charge in [-0.25, -0.2) is 0 Å². The van der Waals surface area contributed by atoms with Crippen molar-refractivity contribution in [2.24, 2.45) is 0 Å². The first-order chi connectivity index (χ1) is 9.70. The molecule has 1 atom stereocenters. The van der Waals surface area contributed by atoms with E-state index >= 15 is 0 Å². The van der Waals surface area contributed by atoms with Crippen LogP contribution in [0.3, 0.4) is 0 Å². The van der Waals surface area contributed by atoms with Gasteiger partial charge in [-0.3, -0.25) is 10.1 Å². The summed E-state index contributed by atoms with van der Waals surface area (Å²) in [5, 5.41) is 3.52. The Morgan fingerprint density at radius 2 is 2.10 bits per heavy atom. The molecule has 1 amide bonds. The fourth-order valence-corrected chi connectivity index (χ4v) is 3.15. The highest BCUT2D eigenvalue weighted by molar-refractivity contribution is 7.98. The van der Waals surface area contributed by atoms with Gasteiger partial charge >= 0.3 is 0 Å². The minimum Gasteiger partial charge on any atom is -0.383 e. The standard InChI is InChI=1S/C15H20N2O2S/c1-19-10-9-17-13(16-15(7-8-15)14(17)18)11-3-5-12(20-2)6-4-11/h3-6,13,16H,7-10H2,1-2H3. The summed E-state index contributed by atoms with van der Waals surface area (Å²) < 4.78 is 5.14. The third-order valence-electron chi connectivity index (χ3n) is 4.11. The third-order valence-corrected chi connectivity index (χ3v) is 4.86. The van der Waals surface area contributed by atoms with Crippen molar-refractivity contribution in [3.63, 3.8) is 0 Å². The minimum absolute atomic E-state index is 0.0175. The van der Waals surface area contributed by atoms with Crippen LogP contribution in [0.2, 0.25) is 0 Å². The summed E-state index contributed by atoms with van der Waals surface area (Å²) in [6.07, 6.45) is 3.95. The summed E-state index contributed by atoms with van der Waals surface area (Å²) >= 11 is 1.73. The Morgan fingerprint density at radius 3 is 2.65 bits per heavy atom. The number of methoxy groups -OCH3 is 1. The van der Waals surface area contributed by atoms with Crippen molar-refractivity contribution in [3.8, 4) is 0 Å². The van der Waals surface area contributed by atoms with Gasteiger partial charge in [-0.2, -0.15) is 0 Å². The SMILES string of the molecule is COCCN1C(=O)C2(CC2)NC1c1ccc(SC)cc1. The quantitative estimate of drug-likeness (QED) is 0.843. The summed E-state index contributed by atoms with van der Waals surface area (Å²) in [4.78, 5) is 15.7. The molecule has 108 valence electrons. The highest BCUT2D eigenvalue weighted by atomic mass is 32.2. The van der Waals surface area contributed by atoms with Crippen molar-refractivity contribution in [3.05, 3.63) is 29.8 Å². The zero-order valence-electron chi connectivity index (χ0n) is 11.9. The molecule has 1 saturated heterocycles. The lowest BCUT2D eigenvalue weighted by atomic mass is 10.1. The predicted octanol–water partition coefficient (Wildman–Crippen LogP) is 2.02. The molecular formula is C15H20N2O2S. The van der Waals surface area contributed by atoms with Crippen LogP contribution < -0.4 is 5.32 Å². The Kier molecular flexibility index (Phi) is 3.75. The minimum atomic E-state index is -0.281. The Hall–Kier alpha value is -1.04. The van der Waals surface area contributed by atoms with Crippen LogP contribution in [0.5, 0.6) is 0 Å². The average molecular weight is 292 g/mol. The van der Waals surface area contributed by atoms with E-state index in [2.05, 4.69) is 35.8 Å². The van der Waals surface area contributed by atoms with E-state index in [9.17, 15) is 4.79 Å². The molecule has 4 nitrogen and oxygen atoms in total. The van der Waals surface area contributed by atoms with Crippen LogP contribution in [0, 0.1) is 0 Å². The van der Waals surface area contributed by atoms with Crippen molar-refractivity contribution in [1.29, 1.82) is 0 Å². The molecule has 0 radical (unpaired) electrons. The number of rotatable bonds is 5. The number of benzene rings is 1. The van der Waals surface area contributed by atoms with E-state index in [0.717, 1.165) is 18.4 Å². The summed E-state index contributed by atoms with van der Waals surface area (Å²) in [7, 11) is 1.67. The molecule has 1 N–H and O–H groups in total. The van der Waals surface area contributed by atoms with Gasteiger partial charge < -0.3 is 9.64 Å². The maximum absolute atomic E-state index is 12.5. The van der Waals surface area contributed by atoms with Crippen LogP contribution in [0.4, 0.5) is 0 Å². The smallest absolute Gasteiger partial charge is 0.244 e. The number of nitrogens with one attached hydrogen (secondary N) is 1. The van der Waals surface area contributed by atoms with Crippen molar-refractivity contribution < 1.29 is 9.53 Å². The summed E-state index contributed by atoms with van der Waals surface area (Å²) in [6, 6.07) is 8.44. The van der Waals surface area contributed by atoms with Crippen molar-refractivity contribution in [2.45, 2.75) is 29.4 Å². The molecule has 2 aliphatic rings. The highest BCUT2D eigenvalue weighted by Crippen LogP contribution is 2.45. The molecule has 0 aromatic heterocycles. The van der Waals surface area contributed by atoms with Gasteiger partial charge in [0.1, 0.15) is 11.7 Å². The molecule has 1 aromatic carbocycles. The van der Waals surface area contributed by atoms with Gasteiger partial charge in [0.2, 0.25) is 5.91 Å². The predicted molar refractivity (Wildman–Crippen MR) is 79.7 cm³/mol. The number of hydrogen-bond donors (Lipinski definition) is 1. The number of ether oxygens (including phenoxy) is 1. The first-order valence-corrected chi connectivity index (χ1v) is 8.14. The normalized spacial score (nSPS) is 23.6. The Balaban J connectivity index is 1.83. The van der Waals surface area contributed by atoms with Gasteiger partial charge in [0, 0.05) is 18.6 Å². The number of hydrogen-bond acceptors (Lipinski definition) is 4. The summed E-state index contributed by atoms with van der Waals surface area (Å²) in [5.41, 5.74) is 0.868. The Bertz CT molecular complexity index is 499. The number of carbonyl (C=O) groups is 1. The summed E-state index contributed by atoms with van der Waals surface area (Å²) in [5.74, 6) is 0.230. The second kappa shape index (κ2) is 5.39. The van der Waals surface area contributed by atoms with Gasteiger partial charge in [0.15, 0.2) is 0 Å². The van der Waals surface area contributed by atoms with Gasteiger partial charge in [-0.15, -0.1) is 11.8 Å². The molecule has 5 heteroatoms. The monoisotopic (exact) mass is 292 g/mol. The first-order valence-electron chi connectivity index (χ1n) is 6.92. The molecule has 1 saturated carbocycles. The summed E-state index contributed by atoms with van der Waals surface area (Å²) in [6.45, 7) is 1.21. The molecule has 3 rings (SSSR count). The van der Waals surface area contributed by atoms with Gasteiger partial charge in [0.05, 0.1) is 6.61 Å². The van der Waals surface area contributed by atoms with Crippen LogP contribution in [-0.2, 0) is 9.53 Å². The molecule has 1 aliphatic carbocycles. The lowest BCUT2D eigenvalue weighted by Crippen LogP contribution is -2.34. The van der Waals surface area contributed by atoms with Gasteiger partial charge in [-0.1, -0.05) is 12.1 Å². The van der Waals surface area contributed by atoms with Crippen LogP contribution in [0.25, 0.3) is 0 Å². The second-order valence-corrected chi connectivity index (χ2v) is 6.27. The van der Waals surface area contributed by atoms with Gasteiger partial charge in [-0.05, 0) is 36.8 Å². The second-order valence-electron chi connectivity index (χ2n) is 5.39. The van der Waals surface area contributed by atoms with E-state index in [4.69, 9.17) is 4.74 Å². The van der Waals surface area contributed by atoms with E-state index in [1.807, 2.05) is 4.90 Å². The van der Waals surface area contributed by atoms with E-state index in [1.54, 1.807) is 18.9 Å². The van der Waals surface area contributed by atoms with Crippen LogP contribution in [0.1, 0.15) is 24.6 Å². The molecule has 1 unspecified atom stereocenters. The fraction of sp³-hybridized carbons (Fsp3) is 0.533. The van der Waals surface area contributed by atoms with Crippen molar-refractivity contribution >= 4 is 17.7 Å². The number of carbonyl (C=O) groups excluding carboxylic acids is 1. The van der Waals surface area contributed by atoms with Crippen LogP contribution in [-0.4, -0.2) is 42.9 Å². The third kappa shape index (κ3) is 2.34. The molecule has 1 heterocycles.